The van der Waals surface area contributed by atoms with Gasteiger partial charge in [0, 0.05) is 13.1 Å². The van der Waals surface area contributed by atoms with Crippen LogP contribution in [0.2, 0.25) is 0 Å². The third kappa shape index (κ3) is 3.26. The van der Waals surface area contributed by atoms with Crippen LogP contribution in [0.15, 0.2) is 4.90 Å². The Morgan fingerprint density at radius 3 is 2.62 bits per heavy atom. The molecule has 1 aliphatic heterocycles. The number of hydrogen-bond donors (Lipinski definition) is 2. The number of aryl methyl sites for hydroxylation is 1. The fraction of sp³-hybridized carbons (Fsp3) is 0.692. The quantitative estimate of drug-likeness (QED) is 0.859. The summed E-state index contributed by atoms with van der Waals surface area (Å²) in [4.78, 5) is 14.0. The molecular formula is C13H22N4O3S. The molecule has 0 unspecified atom stereocenters. The Kier molecular flexibility index (Phi) is 4.12. The summed E-state index contributed by atoms with van der Waals surface area (Å²) in [5, 5.41) is 11.8. The van der Waals surface area contributed by atoms with Crippen LogP contribution >= 0.6 is 0 Å². The molecule has 0 bridgehead atoms. The van der Waals surface area contributed by atoms with Crippen molar-refractivity contribution in [3.63, 3.8) is 0 Å². The van der Waals surface area contributed by atoms with Crippen LogP contribution in [0.4, 0.5) is 0 Å². The van der Waals surface area contributed by atoms with Crippen molar-refractivity contribution < 1.29 is 13.2 Å². The zero-order valence-electron chi connectivity index (χ0n) is 12.6. The zero-order valence-corrected chi connectivity index (χ0v) is 13.5. The highest BCUT2D eigenvalue weighted by Gasteiger charge is 2.36. The first-order valence-corrected chi connectivity index (χ1v) is 8.59. The highest BCUT2D eigenvalue weighted by molar-refractivity contribution is 7.89. The molecule has 8 heteroatoms. The van der Waals surface area contributed by atoms with E-state index >= 15 is 0 Å². The van der Waals surface area contributed by atoms with Crippen molar-refractivity contribution in [2.45, 2.75) is 44.9 Å². The normalized spacial score (nSPS) is 18.2. The topological polar surface area (TPSA) is 109 Å². The van der Waals surface area contributed by atoms with E-state index in [1.807, 2.05) is 6.92 Å². The smallest absolute Gasteiger partial charge is 0.275 e. The lowest BCUT2D eigenvalue weighted by Gasteiger charge is -2.19. The molecule has 1 fully saturated rings. The molecule has 1 saturated heterocycles. The number of nitrogens with zero attached hydrogens (tertiary/aromatic N) is 2. The molecule has 1 aromatic heterocycles. The van der Waals surface area contributed by atoms with Crippen molar-refractivity contribution in [2.24, 2.45) is 10.6 Å². The summed E-state index contributed by atoms with van der Waals surface area (Å²) in [6.45, 7) is 7.26. The minimum atomic E-state index is -3.99. The van der Waals surface area contributed by atoms with Crippen molar-refractivity contribution in [1.29, 1.82) is 0 Å². The summed E-state index contributed by atoms with van der Waals surface area (Å²) in [6.07, 6.45) is 2.10. The molecule has 1 aliphatic rings. The number of carbonyl (C=O) groups is 1. The average molecular weight is 314 g/mol. The number of carbonyl (C=O) groups excluding carboxylic acids is 1. The maximum atomic E-state index is 12.5. The third-order valence-electron chi connectivity index (χ3n) is 3.74. The molecule has 0 aromatic carbocycles. The van der Waals surface area contributed by atoms with Gasteiger partial charge in [0.15, 0.2) is 5.69 Å². The molecule has 0 saturated carbocycles. The van der Waals surface area contributed by atoms with Crippen LogP contribution in [0.25, 0.3) is 0 Å². The van der Waals surface area contributed by atoms with Gasteiger partial charge in [-0.15, -0.1) is 0 Å². The maximum absolute atomic E-state index is 12.5. The molecule has 2 heterocycles. The van der Waals surface area contributed by atoms with Crippen molar-refractivity contribution in [1.82, 2.24) is 15.1 Å². The second-order valence-corrected chi connectivity index (χ2v) is 7.81. The molecule has 0 radical (unpaired) electrons. The van der Waals surface area contributed by atoms with Crippen LogP contribution in [-0.2, 0) is 16.4 Å². The number of H-pyrrole nitrogens is 1. The van der Waals surface area contributed by atoms with Gasteiger partial charge in [-0.2, -0.15) is 5.10 Å². The summed E-state index contributed by atoms with van der Waals surface area (Å²) in [5.41, 5.74) is 0.362. The summed E-state index contributed by atoms with van der Waals surface area (Å²) in [7, 11) is -3.99. The summed E-state index contributed by atoms with van der Waals surface area (Å²) >= 11 is 0. The number of aromatic nitrogens is 2. The fourth-order valence-electron chi connectivity index (χ4n) is 2.67. The third-order valence-corrected chi connectivity index (χ3v) is 4.75. The summed E-state index contributed by atoms with van der Waals surface area (Å²) in [6, 6.07) is 0. The van der Waals surface area contributed by atoms with Crippen molar-refractivity contribution >= 4 is 15.9 Å². The first kappa shape index (κ1) is 16.0. The van der Waals surface area contributed by atoms with Gasteiger partial charge < -0.3 is 4.90 Å². The molecule has 2 rings (SSSR count). The lowest BCUT2D eigenvalue weighted by molar-refractivity contribution is 0.0768. The van der Waals surface area contributed by atoms with E-state index in [4.69, 9.17) is 5.14 Å². The molecule has 1 aromatic rings. The zero-order chi connectivity index (χ0) is 15.8. The van der Waals surface area contributed by atoms with E-state index in [2.05, 4.69) is 24.0 Å². The van der Waals surface area contributed by atoms with Crippen LogP contribution in [0.5, 0.6) is 0 Å². The Bertz CT molecular complexity index is 648. The van der Waals surface area contributed by atoms with Gasteiger partial charge in [-0.25, -0.2) is 13.6 Å². The molecular weight excluding hydrogens is 292 g/mol. The van der Waals surface area contributed by atoms with Crippen molar-refractivity contribution in [3.05, 3.63) is 11.4 Å². The number of rotatable bonds is 4. The summed E-state index contributed by atoms with van der Waals surface area (Å²) in [5.74, 6) is -0.372. The van der Waals surface area contributed by atoms with E-state index in [0.29, 0.717) is 25.2 Å². The fourth-order valence-corrected chi connectivity index (χ4v) is 3.57. The Labute approximate surface area is 124 Å². The number of primary sulfonamides is 1. The number of likely N-dealkylation sites (tertiary alicyclic amines) is 1. The molecule has 21 heavy (non-hydrogen) atoms. The molecule has 0 aliphatic carbocycles. The van der Waals surface area contributed by atoms with E-state index < -0.39 is 10.0 Å². The van der Waals surface area contributed by atoms with E-state index in [9.17, 15) is 13.2 Å². The van der Waals surface area contributed by atoms with E-state index in [0.717, 1.165) is 12.8 Å². The van der Waals surface area contributed by atoms with Gasteiger partial charge in [0.2, 0.25) is 10.0 Å². The lowest BCUT2D eigenvalue weighted by Crippen LogP contribution is -2.32. The standard InChI is InChI=1S/C13H22N4O3S/c1-4-5-9-11(21(14,19)20)10(16-15-9)12(18)17-7-6-13(2,3)8-17/h4-8H2,1-3H3,(H,15,16)(H2,14,19,20). The number of sulfonamides is 1. The molecule has 7 nitrogen and oxygen atoms in total. The summed E-state index contributed by atoms with van der Waals surface area (Å²) < 4.78 is 23.6. The molecule has 0 spiro atoms. The van der Waals surface area contributed by atoms with E-state index in [1.165, 1.54) is 0 Å². The van der Waals surface area contributed by atoms with E-state index in [1.54, 1.807) is 4.90 Å². The predicted molar refractivity (Wildman–Crippen MR) is 78.3 cm³/mol. The minimum absolute atomic E-state index is 0.0416. The second-order valence-electron chi connectivity index (χ2n) is 6.32. The van der Waals surface area contributed by atoms with Crippen LogP contribution in [0.3, 0.4) is 0 Å². The van der Waals surface area contributed by atoms with Crippen molar-refractivity contribution in [3.8, 4) is 0 Å². The first-order chi connectivity index (χ1) is 9.65. The van der Waals surface area contributed by atoms with Crippen LogP contribution in [-0.4, -0.2) is 42.5 Å². The number of amides is 1. The van der Waals surface area contributed by atoms with Gasteiger partial charge in [-0.05, 0) is 18.3 Å². The number of aromatic amines is 1. The van der Waals surface area contributed by atoms with Crippen molar-refractivity contribution in [2.75, 3.05) is 13.1 Å². The van der Waals surface area contributed by atoms with Crippen LogP contribution < -0.4 is 5.14 Å². The average Bonchev–Trinajstić information content (AvgIpc) is 2.92. The number of nitrogens with two attached hydrogens (primary N) is 1. The molecule has 1 amide bonds. The van der Waals surface area contributed by atoms with Crippen LogP contribution in [0, 0.1) is 5.41 Å². The Morgan fingerprint density at radius 1 is 1.48 bits per heavy atom. The predicted octanol–water partition coefficient (Wildman–Crippen LogP) is 0.882. The Balaban J connectivity index is 2.38. The van der Waals surface area contributed by atoms with Gasteiger partial charge >= 0.3 is 0 Å². The first-order valence-electron chi connectivity index (χ1n) is 7.05. The second kappa shape index (κ2) is 5.42. The lowest BCUT2D eigenvalue weighted by atomic mass is 9.93. The minimum Gasteiger partial charge on any atom is -0.337 e. The largest absolute Gasteiger partial charge is 0.337 e. The van der Waals surface area contributed by atoms with Gasteiger partial charge in [0.1, 0.15) is 4.90 Å². The number of nitrogens with one attached hydrogen (secondary N) is 1. The van der Waals surface area contributed by atoms with Gasteiger partial charge in [0.25, 0.3) is 5.91 Å². The van der Waals surface area contributed by atoms with Crippen LogP contribution in [0.1, 0.15) is 49.8 Å². The molecule has 118 valence electrons. The van der Waals surface area contributed by atoms with Gasteiger partial charge in [0.05, 0.1) is 5.69 Å². The SMILES string of the molecule is CCCc1[nH]nc(C(=O)N2CCC(C)(C)C2)c1S(N)(=O)=O. The van der Waals surface area contributed by atoms with Gasteiger partial charge in [-0.3, -0.25) is 9.89 Å². The molecule has 3 N–H and O–H groups in total. The Morgan fingerprint density at radius 2 is 2.14 bits per heavy atom. The number of hydrogen-bond acceptors (Lipinski definition) is 4. The monoisotopic (exact) mass is 314 g/mol. The van der Waals surface area contributed by atoms with E-state index in [-0.39, 0.29) is 21.9 Å². The Hall–Kier alpha value is -1.41. The van der Waals surface area contributed by atoms with Gasteiger partial charge in [-0.1, -0.05) is 27.2 Å². The maximum Gasteiger partial charge on any atom is 0.275 e. The highest BCUT2D eigenvalue weighted by atomic mass is 32.2. The molecule has 0 atom stereocenters. The highest BCUT2D eigenvalue weighted by Crippen LogP contribution is 2.30.